The second kappa shape index (κ2) is 4.23. The zero-order chi connectivity index (χ0) is 12.5. The fraction of sp³-hybridized carbons (Fsp3) is 0.700. The first-order valence-electron chi connectivity index (χ1n) is 5.73. The Morgan fingerprint density at radius 2 is 2.00 bits per heavy atom. The lowest BCUT2D eigenvalue weighted by molar-refractivity contribution is -0.151. The van der Waals surface area contributed by atoms with Gasteiger partial charge in [0, 0.05) is 6.42 Å². The molecule has 1 aliphatic carbocycles. The Morgan fingerprint density at radius 1 is 1.35 bits per heavy atom. The molecule has 2 rings (SSSR count). The summed E-state index contributed by atoms with van der Waals surface area (Å²) >= 11 is 0. The van der Waals surface area contributed by atoms with E-state index in [2.05, 4.69) is 10.2 Å². The van der Waals surface area contributed by atoms with Gasteiger partial charge in [-0.2, -0.15) is 0 Å². The van der Waals surface area contributed by atoms with Gasteiger partial charge in [-0.25, -0.2) is 4.68 Å². The highest BCUT2D eigenvalue weighted by Gasteiger charge is 2.41. The van der Waals surface area contributed by atoms with Crippen molar-refractivity contribution in [2.75, 3.05) is 11.6 Å². The molecule has 5 N–H and O–H groups in total. The lowest BCUT2D eigenvalue weighted by atomic mass is 9.71. The van der Waals surface area contributed by atoms with Gasteiger partial charge in [-0.15, -0.1) is 10.2 Å². The van der Waals surface area contributed by atoms with Crippen LogP contribution in [0.1, 0.15) is 37.9 Å². The van der Waals surface area contributed by atoms with E-state index in [0.717, 1.165) is 19.3 Å². The quantitative estimate of drug-likeness (QED) is 0.646. The van der Waals surface area contributed by atoms with Crippen molar-refractivity contribution in [1.29, 1.82) is 0 Å². The molecule has 0 spiro atoms. The summed E-state index contributed by atoms with van der Waals surface area (Å²) in [7, 11) is 0. The van der Waals surface area contributed by atoms with E-state index in [-0.39, 0.29) is 5.95 Å². The van der Waals surface area contributed by atoms with Crippen molar-refractivity contribution in [3.63, 3.8) is 0 Å². The van der Waals surface area contributed by atoms with Gasteiger partial charge in [0.05, 0.1) is 5.41 Å². The van der Waals surface area contributed by atoms with Gasteiger partial charge in [-0.05, 0) is 12.8 Å². The van der Waals surface area contributed by atoms with E-state index >= 15 is 0 Å². The van der Waals surface area contributed by atoms with Gasteiger partial charge >= 0.3 is 5.97 Å². The van der Waals surface area contributed by atoms with Crippen molar-refractivity contribution in [3.8, 4) is 0 Å². The van der Waals surface area contributed by atoms with E-state index in [1.54, 1.807) is 0 Å². The normalized spacial score (nSPS) is 19.1. The number of aromatic nitrogens is 3. The van der Waals surface area contributed by atoms with E-state index in [1.165, 1.54) is 4.68 Å². The van der Waals surface area contributed by atoms with Gasteiger partial charge < -0.3 is 16.7 Å². The Morgan fingerprint density at radius 3 is 2.47 bits per heavy atom. The Kier molecular flexibility index (Phi) is 2.91. The number of anilines is 1. The molecule has 1 heterocycles. The molecule has 1 fully saturated rings. The molecule has 1 aromatic heterocycles. The smallest absolute Gasteiger partial charge is 0.310 e. The highest BCUT2D eigenvalue weighted by atomic mass is 16.4. The number of nitrogens with two attached hydrogens (primary N) is 2. The largest absolute Gasteiger partial charge is 0.481 e. The van der Waals surface area contributed by atoms with Crippen LogP contribution in [0.3, 0.4) is 0 Å². The van der Waals surface area contributed by atoms with E-state index in [0.29, 0.717) is 25.1 Å². The van der Waals surface area contributed by atoms with Crippen molar-refractivity contribution < 1.29 is 9.90 Å². The van der Waals surface area contributed by atoms with Crippen LogP contribution in [0, 0.1) is 5.41 Å². The molecule has 1 aromatic rings. The maximum Gasteiger partial charge on any atom is 0.310 e. The molecule has 1 aliphatic rings. The van der Waals surface area contributed by atoms with E-state index in [1.807, 2.05) is 0 Å². The fourth-order valence-electron chi connectivity index (χ4n) is 2.46. The Hall–Kier alpha value is -1.79. The van der Waals surface area contributed by atoms with E-state index < -0.39 is 11.4 Å². The number of hydrogen-bond donors (Lipinski definition) is 3. The highest BCUT2D eigenvalue weighted by Crippen LogP contribution is 2.39. The van der Waals surface area contributed by atoms with Gasteiger partial charge in [0.15, 0.2) is 5.82 Å². The van der Waals surface area contributed by atoms with Gasteiger partial charge in [0.2, 0.25) is 5.95 Å². The summed E-state index contributed by atoms with van der Waals surface area (Å²) in [6.07, 6.45) is 4.57. The molecule has 7 heteroatoms. The second-order valence-corrected chi connectivity index (χ2v) is 4.67. The average molecular weight is 239 g/mol. The summed E-state index contributed by atoms with van der Waals surface area (Å²) in [6, 6.07) is 0. The third kappa shape index (κ3) is 2.04. The van der Waals surface area contributed by atoms with Crippen LogP contribution in [0.15, 0.2) is 0 Å². The first-order chi connectivity index (χ1) is 8.05. The molecule has 17 heavy (non-hydrogen) atoms. The summed E-state index contributed by atoms with van der Waals surface area (Å²) < 4.78 is 1.17. The third-order valence-corrected chi connectivity index (χ3v) is 3.55. The lowest BCUT2D eigenvalue weighted by Gasteiger charge is -2.32. The lowest BCUT2D eigenvalue weighted by Crippen LogP contribution is -2.37. The number of rotatable bonds is 3. The van der Waals surface area contributed by atoms with Crippen LogP contribution in [-0.4, -0.2) is 25.9 Å². The summed E-state index contributed by atoms with van der Waals surface area (Å²) in [6.45, 7) is 0. The number of nitrogen functional groups attached to an aromatic ring is 2. The van der Waals surface area contributed by atoms with Gasteiger partial charge in [-0.1, -0.05) is 19.3 Å². The first-order valence-corrected chi connectivity index (χ1v) is 5.73. The predicted molar refractivity (Wildman–Crippen MR) is 61.4 cm³/mol. The molecule has 0 atom stereocenters. The van der Waals surface area contributed by atoms with Gasteiger partial charge in [0.1, 0.15) is 0 Å². The van der Waals surface area contributed by atoms with Crippen molar-refractivity contribution in [2.24, 2.45) is 5.41 Å². The van der Waals surface area contributed by atoms with Gasteiger partial charge in [0.25, 0.3) is 0 Å². The SMILES string of the molecule is Nc1nnc(CC2(C(=O)O)CCCCC2)n1N. The molecular formula is C10H17N5O2. The molecule has 1 saturated carbocycles. The fourth-order valence-corrected chi connectivity index (χ4v) is 2.46. The molecule has 0 bridgehead atoms. The Bertz CT molecular complexity index is 422. The highest BCUT2D eigenvalue weighted by molar-refractivity contribution is 5.75. The number of nitrogens with zero attached hydrogens (tertiary/aromatic N) is 3. The number of carboxylic acids is 1. The second-order valence-electron chi connectivity index (χ2n) is 4.67. The molecule has 0 saturated heterocycles. The number of aliphatic carboxylic acids is 1. The van der Waals surface area contributed by atoms with Gasteiger partial charge in [-0.3, -0.25) is 4.79 Å². The minimum atomic E-state index is -0.779. The van der Waals surface area contributed by atoms with Crippen molar-refractivity contribution in [3.05, 3.63) is 5.82 Å². The number of carboxylic acid groups (broad SMARTS) is 1. The molecule has 0 radical (unpaired) electrons. The summed E-state index contributed by atoms with van der Waals surface area (Å²) in [4.78, 5) is 11.5. The van der Waals surface area contributed by atoms with Crippen molar-refractivity contribution in [1.82, 2.24) is 14.9 Å². The molecule has 0 unspecified atom stereocenters. The maximum absolute atomic E-state index is 11.5. The van der Waals surface area contributed by atoms with Crippen molar-refractivity contribution >= 4 is 11.9 Å². The Labute approximate surface area is 98.8 Å². The van der Waals surface area contributed by atoms with E-state index in [9.17, 15) is 9.90 Å². The van der Waals surface area contributed by atoms with E-state index in [4.69, 9.17) is 11.6 Å². The first kappa shape index (κ1) is 11.7. The standard InChI is InChI=1S/C10H17N5O2/c11-9-14-13-7(15(9)12)6-10(8(16)17)4-2-1-3-5-10/h1-6,12H2,(H2,11,14)(H,16,17). The van der Waals surface area contributed by atoms with Crippen LogP contribution >= 0.6 is 0 Å². The van der Waals surface area contributed by atoms with Crippen LogP contribution in [0.25, 0.3) is 0 Å². The molecule has 7 nitrogen and oxygen atoms in total. The molecule has 94 valence electrons. The number of hydrogen-bond acceptors (Lipinski definition) is 5. The maximum atomic E-state index is 11.5. The summed E-state index contributed by atoms with van der Waals surface area (Å²) in [5, 5.41) is 16.9. The van der Waals surface area contributed by atoms with Crippen LogP contribution in [0.2, 0.25) is 0 Å². The minimum Gasteiger partial charge on any atom is -0.481 e. The predicted octanol–water partition coefficient (Wildman–Crippen LogP) is 0.152. The average Bonchev–Trinajstić information content (AvgIpc) is 2.62. The van der Waals surface area contributed by atoms with Crippen molar-refractivity contribution in [2.45, 2.75) is 38.5 Å². The number of carbonyl (C=O) groups is 1. The molecule has 0 aromatic carbocycles. The topological polar surface area (TPSA) is 120 Å². The zero-order valence-electron chi connectivity index (χ0n) is 9.59. The Balaban J connectivity index is 2.24. The van der Waals surface area contributed by atoms with Crippen LogP contribution in [0.4, 0.5) is 5.95 Å². The van der Waals surface area contributed by atoms with Crippen LogP contribution in [0.5, 0.6) is 0 Å². The monoisotopic (exact) mass is 239 g/mol. The summed E-state index contributed by atoms with van der Waals surface area (Å²) in [5.41, 5.74) is 4.73. The summed E-state index contributed by atoms with van der Waals surface area (Å²) in [5.74, 6) is 5.42. The molecule has 0 amide bonds. The van der Waals surface area contributed by atoms with Crippen LogP contribution < -0.4 is 11.6 Å². The van der Waals surface area contributed by atoms with Crippen LogP contribution in [-0.2, 0) is 11.2 Å². The molecular weight excluding hydrogens is 222 g/mol. The third-order valence-electron chi connectivity index (χ3n) is 3.55. The zero-order valence-corrected chi connectivity index (χ0v) is 9.59. The minimum absolute atomic E-state index is 0.108. The molecule has 0 aliphatic heterocycles.